The minimum atomic E-state index is -0.200. The summed E-state index contributed by atoms with van der Waals surface area (Å²) in [5.41, 5.74) is 0.622. The maximum Gasteiger partial charge on any atom is 0.257 e. The Bertz CT molecular complexity index is 876. The topological polar surface area (TPSA) is 79.7 Å². The number of ether oxygens (including phenoxy) is 1. The molecule has 1 N–H and O–H groups in total. The summed E-state index contributed by atoms with van der Waals surface area (Å²) < 4.78 is 7.79. The lowest BCUT2D eigenvalue weighted by atomic mass is 10.0. The number of aromatic nitrogens is 2. The monoisotopic (exact) mass is 411 g/mol. The third-order valence-electron chi connectivity index (χ3n) is 6.07. The molecule has 2 atom stereocenters. The molecule has 30 heavy (non-hydrogen) atoms. The Morgan fingerprint density at radius 2 is 1.90 bits per heavy atom. The van der Waals surface area contributed by atoms with Gasteiger partial charge in [-0.05, 0) is 25.0 Å². The van der Waals surface area contributed by atoms with E-state index in [1.165, 1.54) is 0 Å². The van der Waals surface area contributed by atoms with E-state index in [1.54, 1.807) is 24.1 Å². The molecule has 0 saturated carbocycles. The maximum absolute atomic E-state index is 12.7. The second-order valence-electron chi connectivity index (χ2n) is 8.04. The molecule has 0 bridgehead atoms. The van der Waals surface area contributed by atoms with Gasteiger partial charge in [0.05, 0.1) is 17.8 Å². The summed E-state index contributed by atoms with van der Waals surface area (Å²) >= 11 is 0. The minimum Gasteiger partial charge on any atom is -0.489 e. The molecule has 8 nitrogen and oxygen atoms in total. The van der Waals surface area contributed by atoms with E-state index in [4.69, 9.17) is 4.74 Å². The molecule has 8 heteroatoms. The van der Waals surface area contributed by atoms with E-state index >= 15 is 0 Å². The van der Waals surface area contributed by atoms with Crippen molar-refractivity contribution < 1.29 is 14.3 Å². The first kappa shape index (κ1) is 20.4. The zero-order valence-electron chi connectivity index (χ0n) is 17.5. The molecule has 1 aromatic heterocycles. The fourth-order valence-corrected chi connectivity index (χ4v) is 4.54. The Balaban J connectivity index is 1.39. The minimum absolute atomic E-state index is 0.0234. The van der Waals surface area contributed by atoms with Crippen molar-refractivity contribution in [2.24, 2.45) is 7.05 Å². The van der Waals surface area contributed by atoms with Crippen LogP contribution in [0.5, 0.6) is 5.75 Å². The van der Waals surface area contributed by atoms with Crippen LogP contribution in [0.15, 0.2) is 42.7 Å². The summed E-state index contributed by atoms with van der Waals surface area (Å²) in [6.45, 7) is 2.08. The highest BCUT2D eigenvalue weighted by Crippen LogP contribution is 2.29. The van der Waals surface area contributed by atoms with Gasteiger partial charge < -0.3 is 15.0 Å². The fourth-order valence-electron chi connectivity index (χ4n) is 4.54. The van der Waals surface area contributed by atoms with Crippen LogP contribution in [0.4, 0.5) is 0 Å². The number of hydrogen-bond donors (Lipinski definition) is 1. The molecule has 160 valence electrons. The number of aryl methyl sites for hydroxylation is 1. The highest BCUT2D eigenvalue weighted by molar-refractivity contribution is 5.93. The van der Waals surface area contributed by atoms with Gasteiger partial charge in [-0.2, -0.15) is 5.10 Å². The van der Waals surface area contributed by atoms with Gasteiger partial charge in [-0.15, -0.1) is 0 Å². The van der Waals surface area contributed by atoms with E-state index in [2.05, 4.69) is 15.3 Å². The summed E-state index contributed by atoms with van der Waals surface area (Å²) in [7, 11) is 3.49. The van der Waals surface area contributed by atoms with Gasteiger partial charge in [-0.3, -0.25) is 19.2 Å². The number of carbonyl (C=O) groups is 2. The zero-order valence-corrected chi connectivity index (χ0v) is 17.5. The third kappa shape index (κ3) is 4.33. The molecular formula is C22H29N5O3. The summed E-state index contributed by atoms with van der Waals surface area (Å²) in [5, 5.41) is 6.90. The van der Waals surface area contributed by atoms with Crippen LogP contribution < -0.4 is 10.1 Å². The second kappa shape index (κ2) is 8.87. The van der Waals surface area contributed by atoms with Crippen molar-refractivity contribution >= 4 is 11.8 Å². The first-order valence-corrected chi connectivity index (χ1v) is 10.5. The predicted octanol–water partition coefficient (Wildman–Crippen LogP) is 1.29. The summed E-state index contributed by atoms with van der Waals surface area (Å²) in [6, 6.07) is 9.81. The Morgan fingerprint density at radius 1 is 1.17 bits per heavy atom. The Hall–Kier alpha value is -2.87. The number of carbonyl (C=O) groups excluding carboxylic acids is 2. The number of rotatable bonds is 5. The van der Waals surface area contributed by atoms with Crippen LogP contribution >= 0.6 is 0 Å². The molecule has 2 aliphatic rings. The van der Waals surface area contributed by atoms with Gasteiger partial charge in [-0.1, -0.05) is 18.2 Å². The third-order valence-corrected chi connectivity index (χ3v) is 6.07. The van der Waals surface area contributed by atoms with Crippen LogP contribution in [0, 0.1) is 0 Å². The Labute approximate surface area is 176 Å². The quantitative estimate of drug-likeness (QED) is 0.802. The standard InChI is InChI=1S/C22H29N5O3/c1-23-21(28)20-12-19(30-18-6-4-3-5-7-18)15-27(20)17-8-10-26(11-9-17)22(29)16-13-24-25(2)14-16/h3-7,13-14,17,19-20H,8-12,15H2,1-2H3,(H,23,28)/t19-,20-/m0/s1. The van der Waals surface area contributed by atoms with Gasteiger partial charge in [0.15, 0.2) is 0 Å². The van der Waals surface area contributed by atoms with Crippen LogP contribution in [-0.4, -0.2) is 76.3 Å². The molecule has 1 aromatic carbocycles. The molecule has 0 spiro atoms. The number of nitrogens with one attached hydrogen (secondary N) is 1. The van der Waals surface area contributed by atoms with Gasteiger partial charge in [0.2, 0.25) is 5.91 Å². The Morgan fingerprint density at radius 3 is 2.53 bits per heavy atom. The lowest BCUT2D eigenvalue weighted by Crippen LogP contribution is -2.51. The molecule has 2 amide bonds. The van der Waals surface area contributed by atoms with E-state index in [0.717, 1.165) is 18.6 Å². The molecule has 2 saturated heterocycles. The SMILES string of the molecule is CNC(=O)[C@@H]1C[C@H](Oc2ccccc2)CN1C1CCN(C(=O)c2cnn(C)c2)CC1. The molecule has 0 aliphatic carbocycles. The molecule has 3 heterocycles. The van der Waals surface area contributed by atoms with Gasteiger partial charge in [-0.25, -0.2) is 0 Å². The van der Waals surface area contributed by atoms with Crippen molar-refractivity contribution in [2.75, 3.05) is 26.7 Å². The van der Waals surface area contributed by atoms with Crippen molar-refractivity contribution in [1.82, 2.24) is 24.9 Å². The predicted molar refractivity (Wildman–Crippen MR) is 112 cm³/mol. The Kier molecular flexibility index (Phi) is 6.03. The van der Waals surface area contributed by atoms with Gasteiger partial charge >= 0.3 is 0 Å². The highest BCUT2D eigenvalue weighted by Gasteiger charge is 2.42. The van der Waals surface area contributed by atoms with Crippen LogP contribution in [0.25, 0.3) is 0 Å². The van der Waals surface area contributed by atoms with Gasteiger partial charge in [0.25, 0.3) is 5.91 Å². The number of likely N-dealkylation sites (N-methyl/N-ethyl adjacent to an activating group) is 1. The first-order valence-electron chi connectivity index (χ1n) is 10.5. The van der Waals surface area contributed by atoms with Gasteiger partial charge in [0, 0.05) is 52.4 Å². The number of nitrogens with zero attached hydrogens (tertiary/aromatic N) is 4. The summed E-state index contributed by atoms with van der Waals surface area (Å²) in [6.07, 6.45) is 5.70. The number of benzene rings is 1. The molecule has 2 fully saturated rings. The molecular weight excluding hydrogens is 382 g/mol. The normalized spacial score (nSPS) is 22.8. The average molecular weight is 412 g/mol. The lowest BCUT2D eigenvalue weighted by Gasteiger charge is -2.38. The highest BCUT2D eigenvalue weighted by atomic mass is 16.5. The number of piperidine rings is 1. The maximum atomic E-state index is 12.7. The van der Waals surface area contributed by atoms with Crippen molar-refractivity contribution in [2.45, 2.75) is 37.5 Å². The van der Waals surface area contributed by atoms with Crippen molar-refractivity contribution in [3.63, 3.8) is 0 Å². The molecule has 2 aromatic rings. The van der Waals surface area contributed by atoms with E-state index in [-0.39, 0.29) is 30.0 Å². The van der Waals surface area contributed by atoms with E-state index in [1.807, 2.05) is 42.3 Å². The number of amides is 2. The fraction of sp³-hybridized carbons (Fsp3) is 0.500. The van der Waals surface area contributed by atoms with Crippen molar-refractivity contribution in [3.05, 3.63) is 48.3 Å². The largest absolute Gasteiger partial charge is 0.489 e. The molecule has 0 unspecified atom stereocenters. The van der Waals surface area contributed by atoms with Crippen molar-refractivity contribution in [1.29, 1.82) is 0 Å². The second-order valence-corrected chi connectivity index (χ2v) is 8.04. The summed E-state index contributed by atoms with van der Waals surface area (Å²) in [4.78, 5) is 29.4. The van der Waals surface area contributed by atoms with Crippen LogP contribution in [0.1, 0.15) is 29.6 Å². The first-order chi connectivity index (χ1) is 14.5. The molecule has 4 rings (SSSR count). The van der Waals surface area contributed by atoms with E-state index in [9.17, 15) is 9.59 Å². The number of para-hydroxylation sites is 1. The lowest BCUT2D eigenvalue weighted by molar-refractivity contribution is -0.126. The average Bonchev–Trinajstić information content (AvgIpc) is 3.40. The molecule has 0 radical (unpaired) electrons. The van der Waals surface area contributed by atoms with Crippen LogP contribution in [0.3, 0.4) is 0 Å². The van der Waals surface area contributed by atoms with Crippen molar-refractivity contribution in [3.8, 4) is 5.75 Å². The number of likely N-dealkylation sites (tertiary alicyclic amines) is 2. The summed E-state index contributed by atoms with van der Waals surface area (Å²) in [5.74, 6) is 0.885. The zero-order chi connectivity index (χ0) is 21.1. The smallest absolute Gasteiger partial charge is 0.257 e. The van der Waals surface area contributed by atoms with Crippen LogP contribution in [-0.2, 0) is 11.8 Å². The molecule has 2 aliphatic heterocycles. The van der Waals surface area contributed by atoms with E-state index < -0.39 is 0 Å². The number of hydrogen-bond acceptors (Lipinski definition) is 5. The van der Waals surface area contributed by atoms with Gasteiger partial charge in [0.1, 0.15) is 11.9 Å². The van der Waals surface area contributed by atoms with Crippen LogP contribution in [0.2, 0.25) is 0 Å². The van der Waals surface area contributed by atoms with E-state index in [0.29, 0.717) is 31.6 Å².